The average molecular weight is 449 g/mol. The summed E-state index contributed by atoms with van der Waals surface area (Å²) in [5.74, 6) is 0.969. The molecule has 4 aromatic rings. The zero-order valence-corrected chi connectivity index (χ0v) is 20.3. The van der Waals surface area contributed by atoms with Gasteiger partial charge in [0.25, 0.3) is 0 Å². The molecule has 2 aromatic heterocycles. The highest BCUT2D eigenvalue weighted by Crippen LogP contribution is 2.39. The Morgan fingerprint density at radius 1 is 0.645 bits per heavy atom. The fourth-order valence-corrected chi connectivity index (χ4v) is 6.39. The molecular weight excluding hydrogens is 416 g/mol. The summed E-state index contributed by atoms with van der Waals surface area (Å²) in [5, 5.41) is 0. The largest absolute Gasteiger partial charge is 0.494 e. The number of ether oxygens (including phenoxy) is 1. The van der Waals surface area contributed by atoms with Crippen molar-refractivity contribution in [1.29, 1.82) is 0 Å². The summed E-state index contributed by atoms with van der Waals surface area (Å²) in [6, 6.07) is 22.2. The van der Waals surface area contributed by atoms with E-state index in [0.29, 0.717) is 0 Å². The summed E-state index contributed by atoms with van der Waals surface area (Å²) in [4.78, 5) is 2.87. The van der Waals surface area contributed by atoms with Crippen molar-refractivity contribution in [3.05, 3.63) is 65.5 Å². The van der Waals surface area contributed by atoms with Crippen LogP contribution in [0.4, 0.5) is 0 Å². The molecule has 4 rings (SSSR count). The maximum atomic E-state index is 5.90. The summed E-state index contributed by atoms with van der Waals surface area (Å²) in [6.07, 6.45) is 8.75. The first-order valence-corrected chi connectivity index (χ1v) is 13.3. The fourth-order valence-electron chi connectivity index (χ4n) is 3.86. The molecule has 0 N–H and O–H groups in total. The minimum Gasteiger partial charge on any atom is -0.494 e. The molecule has 2 aromatic carbocycles. The van der Waals surface area contributed by atoms with Gasteiger partial charge in [-0.1, -0.05) is 82.3 Å². The summed E-state index contributed by atoms with van der Waals surface area (Å²) in [6.45, 7) is 5.31. The molecule has 0 radical (unpaired) electrons. The van der Waals surface area contributed by atoms with Crippen LogP contribution in [0, 0.1) is 0 Å². The second-order valence-electron chi connectivity index (χ2n) is 8.17. The number of hydrogen-bond acceptors (Lipinski definition) is 3. The van der Waals surface area contributed by atoms with Crippen molar-refractivity contribution in [2.75, 3.05) is 6.61 Å². The molecule has 31 heavy (non-hydrogen) atoms. The Balaban J connectivity index is 1.36. The third-order valence-electron chi connectivity index (χ3n) is 5.63. The zero-order chi connectivity index (χ0) is 21.5. The SMILES string of the molecule is CCCCCCCOc1ccc(-c2ccc(-c3cc4sc(CCC)cc4s3)cc2)cc1. The standard InChI is InChI=1S/C28H32OS2/c1-3-5-6-7-8-18-29-24-16-14-22(15-17-24)21-10-12-23(13-11-21)26-20-28-27(31-26)19-25(30-28)9-4-2/h10-17,19-20H,3-9,18H2,1-2H3. The fraction of sp³-hybridized carbons (Fsp3) is 0.357. The van der Waals surface area contributed by atoms with Crippen LogP contribution in [0.25, 0.3) is 31.0 Å². The molecule has 3 heteroatoms. The second-order valence-corrected chi connectivity index (χ2v) is 10.4. The van der Waals surface area contributed by atoms with Crippen molar-refractivity contribution in [2.24, 2.45) is 0 Å². The molecule has 0 amide bonds. The predicted molar refractivity (Wildman–Crippen MR) is 139 cm³/mol. The van der Waals surface area contributed by atoms with E-state index in [0.717, 1.165) is 18.8 Å². The molecule has 0 aliphatic carbocycles. The minimum atomic E-state index is 0.815. The van der Waals surface area contributed by atoms with Crippen LogP contribution in [0.1, 0.15) is 57.2 Å². The van der Waals surface area contributed by atoms with Crippen LogP contribution >= 0.6 is 22.7 Å². The molecule has 0 fully saturated rings. The Kier molecular flexibility index (Phi) is 7.82. The van der Waals surface area contributed by atoms with Gasteiger partial charge in [-0.15, -0.1) is 22.7 Å². The van der Waals surface area contributed by atoms with E-state index in [1.165, 1.54) is 74.4 Å². The third-order valence-corrected chi connectivity index (χ3v) is 8.03. The quantitative estimate of drug-likeness (QED) is 0.207. The summed E-state index contributed by atoms with van der Waals surface area (Å²) in [5.41, 5.74) is 3.79. The molecule has 2 heterocycles. The van der Waals surface area contributed by atoms with Crippen LogP contribution in [0.5, 0.6) is 5.75 Å². The van der Waals surface area contributed by atoms with Gasteiger partial charge in [-0.05, 0) is 53.8 Å². The Morgan fingerprint density at radius 3 is 1.97 bits per heavy atom. The number of rotatable bonds is 11. The van der Waals surface area contributed by atoms with Crippen LogP contribution < -0.4 is 4.74 Å². The first-order chi connectivity index (χ1) is 15.3. The minimum absolute atomic E-state index is 0.815. The Hall–Kier alpha value is -2.10. The van der Waals surface area contributed by atoms with Crippen LogP contribution in [-0.4, -0.2) is 6.61 Å². The number of benzene rings is 2. The van der Waals surface area contributed by atoms with E-state index in [1.54, 1.807) is 0 Å². The van der Waals surface area contributed by atoms with E-state index < -0.39 is 0 Å². The first-order valence-electron chi connectivity index (χ1n) is 11.6. The normalized spacial score (nSPS) is 11.3. The Labute approximate surface area is 194 Å². The first kappa shape index (κ1) is 22.1. The molecule has 0 spiro atoms. The lowest BCUT2D eigenvalue weighted by molar-refractivity contribution is 0.304. The molecule has 0 aliphatic heterocycles. The average Bonchev–Trinajstić information content (AvgIpc) is 3.36. The van der Waals surface area contributed by atoms with Gasteiger partial charge in [0.2, 0.25) is 0 Å². The number of hydrogen-bond donors (Lipinski definition) is 0. The van der Waals surface area contributed by atoms with E-state index >= 15 is 0 Å². The van der Waals surface area contributed by atoms with Gasteiger partial charge in [-0.3, -0.25) is 0 Å². The van der Waals surface area contributed by atoms with Gasteiger partial charge in [0, 0.05) is 19.2 Å². The van der Waals surface area contributed by atoms with Crippen molar-refractivity contribution in [1.82, 2.24) is 0 Å². The van der Waals surface area contributed by atoms with Gasteiger partial charge in [0.15, 0.2) is 0 Å². The summed E-state index contributed by atoms with van der Waals surface area (Å²) in [7, 11) is 0. The number of fused-ring (bicyclic) bond motifs is 1. The van der Waals surface area contributed by atoms with Crippen LogP contribution in [0.3, 0.4) is 0 Å². The maximum Gasteiger partial charge on any atom is 0.119 e. The van der Waals surface area contributed by atoms with E-state index in [1.807, 2.05) is 22.7 Å². The maximum absolute atomic E-state index is 5.90. The summed E-state index contributed by atoms with van der Waals surface area (Å²) < 4.78 is 8.75. The number of unbranched alkanes of at least 4 members (excludes halogenated alkanes) is 4. The highest BCUT2D eigenvalue weighted by molar-refractivity contribution is 7.29. The number of aryl methyl sites for hydroxylation is 1. The van der Waals surface area contributed by atoms with Crippen molar-refractivity contribution in [3.63, 3.8) is 0 Å². The summed E-state index contributed by atoms with van der Waals surface area (Å²) >= 11 is 3.86. The van der Waals surface area contributed by atoms with Crippen molar-refractivity contribution in [2.45, 2.75) is 58.8 Å². The van der Waals surface area contributed by atoms with Gasteiger partial charge in [0.1, 0.15) is 5.75 Å². The van der Waals surface area contributed by atoms with E-state index in [9.17, 15) is 0 Å². The molecule has 0 bridgehead atoms. The highest BCUT2D eigenvalue weighted by atomic mass is 32.1. The Morgan fingerprint density at radius 2 is 1.29 bits per heavy atom. The van der Waals surface area contributed by atoms with Crippen molar-refractivity contribution in [3.8, 4) is 27.3 Å². The van der Waals surface area contributed by atoms with E-state index in [4.69, 9.17) is 4.74 Å². The van der Waals surface area contributed by atoms with Crippen molar-refractivity contribution < 1.29 is 4.74 Å². The van der Waals surface area contributed by atoms with Gasteiger partial charge < -0.3 is 4.74 Å². The lowest BCUT2D eigenvalue weighted by atomic mass is 10.0. The highest BCUT2D eigenvalue weighted by Gasteiger charge is 2.09. The predicted octanol–water partition coefficient (Wildman–Crippen LogP) is 9.60. The molecule has 0 saturated carbocycles. The molecule has 162 valence electrons. The second kappa shape index (κ2) is 11.0. The molecule has 0 atom stereocenters. The van der Waals surface area contributed by atoms with E-state index in [-0.39, 0.29) is 0 Å². The lowest BCUT2D eigenvalue weighted by Crippen LogP contribution is -1.97. The lowest BCUT2D eigenvalue weighted by Gasteiger charge is -2.08. The van der Waals surface area contributed by atoms with Gasteiger partial charge in [0.05, 0.1) is 6.61 Å². The Bertz CT molecular complexity index is 1040. The van der Waals surface area contributed by atoms with Crippen LogP contribution in [0.15, 0.2) is 60.7 Å². The molecule has 0 unspecified atom stereocenters. The molecular formula is C28H32OS2. The van der Waals surface area contributed by atoms with Gasteiger partial charge in [-0.25, -0.2) is 0 Å². The van der Waals surface area contributed by atoms with E-state index in [2.05, 4.69) is 74.5 Å². The zero-order valence-electron chi connectivity index (χ0n) is 18.7. The van der Waals surface area contributed by atoms with Crippen LogP contribution in [-0.2, 0) is 6.42 Å². The topological polar surface area (TPSA) is 9.23 Å². The van der Waals surface area contributed by atoms with Gasteiger partial charge in [-0.2, -0.15) is 0 Å². The monoisotopic (exact) mass is 448 g/mol. The third kappa shape index (κ3) is 5.78. The smallest absolute Gasteiger partial charge is 0.119 e. The molecule has 0 saturated heterocycles. The number of thiophene rings is 2. The van der Waals surface area contributed by atoms with Gasteiger partial charge >= 0.3 is 0 Å². The molecule has 0 aliphatic rings. The van der Waals surface area contributed by atoms with Crippen LogP contribution in [0.2, 0.25) is 0 Å². The van der Waals surface area contributed by atoms with Crippen molar-refractivity contribution >= 4 is 32.1 Å². The molecule has 1 nitrogen and oxygen atoms in total.